The van der Waals surface area contributed by atoms with Crippen LogP contribution in [-0.2, 0) is 4.74 Å². The van der Waals surface area contributed by atoms with E-state index in [0.717, 1.165) is 66.2 Å². The van der Waals surface area contributed by atoms with Gasteiger partial charge in [-0.05, 0) is 56.4 Å². The topological polar surface area (TPSA) is 73.1 Å². The molecule has 5 rings (SSSR count). The van der Waals surface area contributed by atoms with E-state index >= 15 is 0 Å². The second kappa shape index (κ2) is 8.73. The van der Waals surface area contributed by atoms with Crippen LogP contribution in [0.4, 0.5) is 5.69 Å². The molecule has 0 amide bonds. The molecule has 1 fully saturated rings. The van der Waals surface area contributed by atoms with Gasteiger partial charge < -0.3 is 19.5 Å². The highest BCUT2D eigenvalue weighted by molar-refractivity contribution is 6.31. The van der Waals surface area contributed by atoms with Gasteiger partial charge in [-0.1, -0.05) is 25.4 Å². The molecule has 7 nitrogen and oxygen atoms in total. The minimum atomic E-state index is 0.210. The van der Waals surface area contributed by atoms with Crippen LogP contribution < -0.4 is 4.90 Å². The van der Waals surface area contributed by atoms with Crippen molar-refractivity contribution in [3.05, 3.63) is 41.4 Å². The van der Waals surface area contributed by atoms with Gasteiger partial charge >= 0.3 is 0 Å². The number of nitrogens with one attached hydrogen (secondary N) is 2. The molecule has 3 heterocycles. The van der Waals surface area contributed by atoms with Crippen molar-refractivity contribution in [2.24, 2.45) is 0 Å². The summed E-state index contributed by atoms with van der Waals surface area (Å²) in [6, 6.07) is 12.5. The lowest BCUT2D eigenvalue weighted by molar-refractivity contribution is 0.00265. The molecular weight excluding hydrogens is 424 g/mol. The SMILES string of the molecule is CCN(CC)C[C@@H]1CN(c2ccc3nc(-c4n[nH]c5cc(Cl)ccc45)[nH]c3c2)[C@@H](C)CO1. The molecule has 2 atom stereocenters. The Kier molecular flexibility index (Phi) is 5.80. The Morgan fingerprint density at radius 3 is 2.81 bits per heavy atom. The first kappa shape index (κ1) is 21.2. The first-order valence-corrected chi connectivity index (χ1v) is 11.7. The second-order valence-electron chi connectivity index (χ2n) is 8.49. The molecule has 0 saturated carbocycles. The van der Waals surface area contributed by atoms with E-state index in [0.29, 0.717) is 11.1 Å². The number of hydrogen-bond acceptors (Lipinski definition) is 5. The molecule has 0 aliphatic carbocycles. The van der Waals surface area contributed by atoms with Gasteiger partial charge in [0.2, 0.25) is 0 Å². The van der Waals surface area contributed by atoms with E-state index in [9.17, 15) is 0 Å². The van der Waals surface area contributed by atoms with Gasteiger partial charge in [0.15, 0.2) is 5.82 Å². The summed E-state index contributed by atoms with van der Waals surface area (Å²) in [4.78, 5) is 13.1. The summed E-state index contributed by atoms with van der Waals surface area (Å²) in [7, 11) is 0. The molecule has 1 saturated heterocycles. The van der Waals surface area contributed by atoms with Gasteiger partial charge in [-0.15, -0.1) is 0 Å². The minimum absolute atomic E-state index is 0.210. The van der Waals surface area contributed by atoms with Crippen molar-refractivity contribution in [3.8, 4) is 11.5 Å². The maximum atomic E-state index is 6.14. The monoisotopic (exact) mass is 452 g/mol. The largest absolute Gasteiger partial charge is 0.373 e. The lowest BCUT2D eigenvalue weighted by Crippen LogP contribution is -2.52. The summed E-state index contributed by atoms with van der Waals surface area (Å²) >= 11 is 6.11. The van der Waals surface area contributed by atoms with Gasteiger partial charge in [0.25, 0.3) is 0 Å². The van der Waals surface area contributed by atoms with E-state index in [4.69, 9.17) is 21.3 Å². The lowest BCUT2D eigenvalue weighted by Gasteiger charge is -2.41. The van der Waals surface area contributed by atoms with Crippen LogP contribution in [0, 0.1) is 0 Å². The van der Waals surface area contributed by atoms with Crippen molar-refractivity contribution in [3.63, 3.8) is 0 Å². The lowest BCUT2D eigenvalue weighted by atomic mass is 10.1. The fourth-order valence-corrected chi connectivity index (χ4v) is 4.69. The van der Waals surface area contributed by atoms with Crippen LogP contribution in [0.2, 0.25) is 5.02 Å². The molecule has 0 radical (unpaired) electrons. The summed E-state index contributed by atoms with van der Waals surface area (Å²) in [5, 5.41) is 9.20. The van der Waals surface area contributed by atoms with Gasteiger partial charge in [0, 0.05) is 35.2 Å². The third kappa shape index (κ3) is 3.96. The minimum Gasteiger partial charge on any atom is -0.373 e. The average molecular weight is 453 g/mol. The van der Waals surface area contributed by atoms with Gasteiger partial charge in [-0.3, -0.25) is 5.10 Å². The molecule has 8 heteroatoms. The Morgan fingerprint density at radius 2 is 2.00 bits per heavy atom. The number of hydrogen-bond donors (Lipinski definition) is 2. The number of imidazole rings is 1. The molecule has 2 aromatic heterocycles. The van der Waals surface area contributed by atoms with Gasteiger partial charge in [-0.25, -0.2) is 4.98 Å². The molecule has 2 N–H and O–H groups in total. The summed E-state index contributed by atoms with van der Waals surface area (Å²) in [5.74, 6) is 0.750. The van der Waals surface area contributed by atoms with Crippen LogP contribution in [0.25, 0.3) is 33.5 Å². The third-order valence-corrected chi connectivity index (χ3v) is 6.64. The standard InChI is InChI=1S/C24H29ClN6O/c1-4-30(5-2)12-18-13-31(15(3)14-32-18)17-7-9-20-22(11-17)27-24(26-20)23-19-8-6-16(25)10-21(19)28-29-23/h6-11,15,18H,4-5,12-14H2,1-3H3,(H,26,27)(H,28,29)/t15-,18+/m0/s1. The zero-order valence-electron chi connectivity index (χ0n) is 18.7. The molecule has 168 valence electrons. The van der Waals surface area contributed by atoms with Gasteiger partial charge in [0.1, 0.15) is 5.69 Å². The van der Waals surface area contributed by atoms with Gasteiger partial charge in [0.05, 0.1) is 29.3 Å². The normalized spacial score (nSPS) is 19.5. The van der Waals surface area contributed by atoms with Crippen molar-refractivity contribution in [1.82, 2.24) is 25.1 Å². The third-order valence-electron chi connectivity index (χ3n) is 6.41. The van der Waals surface area contributed by atoms with Crippen molar-refractivity contribution < 1.29 is 4.74 Å². The number of anilines is 1. The smallest absolute Gasteiger partial charge is 0.159 e. The number of rotatable bonds is 6. The average Bonchev–Trinajstić information content (AvgIpc) is 3.41. The van der Waals surface area contributed by atoms with E-state index in [2.05, 4.69) is 64.0 Å². The molecule has 0 bridgehead atoms. The van der Waals surface area contributed by atoms with Crippen molar-refractivity contribution in [1.29, 1.82) is 0 Å². The quantitative estimate of drug-likeness (QED) is 0.443. The molecular formula is C24H29ClN6O. The summed E-state index contributed by atoms with van der Waals surface area (Å²) in [6.45, 7) is 11.3. The van der Waals surface area contributed by atoms with Crippen LogP contribution in [-0.4, -0.2) is 70.0 Å². The number of ether oxygens (including phenoxy) is 1. The number of fused-ring (bicyclic) bond motifs is 2. The highest BCUT2D eigenvalue weighted by Gasteiger charge is 2.27. The maximum Gasteiger partial charge on any atom is 0.159 e. The number of benzene rings is 2. The van der Waals surface area contributed by atoms with Crippen LogP contribution in [0.15, 0.2) is 36.4 Å². The van der Waals surface area contributed by atoms with E-state index in [1.165, 1.54) is 5.69 Å². The Balaban J connectivity index is 1.43. The molecule has 32 heavy (non-hydrogen) atoms. The molecule has 4 aromatic rings. The Labute approximate surface area is 192 Å². The molecule has 1 aliphatic heterocycles. The Hall–Kier alpha value is -2.61. The summed E-state index contributed by atoms with van der Waals surface area (Å²) in [5.41, 5.74) is 4.81. The number of halogens is 1. The van der Waals surface area contributed by atoms with E-state index in [-0.39, 0.29) is 6.10 Å². The summed E-state index contributed by atoms with van der Waals surface area (Å²) in [6.07, 6.45) is 0.210. The van der Waals surface area contributed by atoms with Crippen molar-refractivity contribution in [2.45, 2.75) is 32.9 Å². The predicted octanol–water partition coefficient (Wildman–Crippen LogP) is 4.70. The number of aromatic nitrogens is 4. The van der Waals surface area contributed by atoms with Crippen LogP contribution in [0.5, 0.6) is 0 Å². The van der Waals surface area contributed by atoms with Crippen LogP contribution in [0.1, 0.15) is 20.8 Å². The fraction of sp³-hybridized carbons (Fsp3) is 0.417. The van der Waals surface area contributed by atoms with Gasteiger partial charge in [-0.2, -0.15) is 5.10 Å². The number of H-pyrrole nitrogens is 2. The van der Waals surface area contributed by atoms with E-state index < -0.39 is 0 Å². The first-order chi connectivity index (χ1) is 15.6. The first-order valence-electron chi connectivity index (χ1n) is 11.3. The second-order valence-corrected chi connectivity index (χ2v) is 8.93. The van der Waals surface area contributed by atoms with E-state index in [1.807, 2.05) is 18.2 Å². The maximum absolute atomic E-state index is 6.14. The molecule has 2 aromatic carbocycles. The highest BCUT2D eigenvalue weighted by atomic mass is 35.5. The zero-order chi connectivity index (χ0) is 22.2. The Morgan fingerprint density at radius 1 is 1.16 bits per heavy atom. The number of nitrogens with zero attached hydrogens (tertiary/aromatic N) is 4. The highest BCUT2D eigenvalue weighted by Crippen LogP contribution is 2.30. The number of likely N-dealkylation sites (N-methyl/N-ethyl adjacent to an activating group) is 1. The number of aromatic amines is 2. The Bertz CT molecular complexity index is 1230. The predicted molar refractivity (Wildman–Crippen MR) is 131 cm³/mol. The van der Waals surface area contributed by atoms with Crippen LogP contribution in [0.3, 0.4) is 0 Å². The van der Waals surface area contributed by atoms with Crippen LogP contribution >= 0.6 is 11.6 Å². The fourth-order valence-electron chi connectivity index (χ4n) is 4.52. The van der Waals surface area contributed by atoms with Crippen molar-refractivity contribution >= 4 is 39.2 Å². The molecule has 0 spiro atoms. The van der Waals surface area contributed by atoms with E-state index in [1.54, 1.807) is 0 Å². The number of morpholine rings is 1. The zero-order valence-corrected chi connectivity index (χ0v) is 19.5. The van der Waals surface area contributed by atoms with Crippen molar-refractivity contribution in [2.75, 3.05) is 37.7 Å². The molecule has 1 aliphatic rings. The molecule has 0 unspecified atom stereocenters. The summed E-state index contributed by atoms with van der Waals surface area (Å²) < 4.78 is 6.14.